The Bertz CT molecular complexity index is 217. The SMILES string of the molecule is COC(=O)[C@H](N)C[C@@H]1CCNC1=O. The molecule has 5 nitrogen and oxygen atoms in total. The minimum atomic E-state index is -0.682. The molecule has 1 amide bonds. The van der Waals surface area contributed by atoms with Gasteiger partial charge in [0.2, 0.25) is 5.91 Å². The number of hydrogen-bond acceptors (Lipinski definition) is 4. The summed E-state index contributed by atoms with van der Waals surface area (Å²) < 4.78 is 4.46. The van der Waals surface area contributed by atoms with E-state index in [9.17, 15) is 9.59 Å². The van der Waals surface area contributed by atoms with Crippen LogP contribution in [0.1, 0.15) is 12.8 Å². The Labute approximate surface area is 76.6 Å². The van der Waals surface area contributed by atoms with Crippen molar-refractivity contribution in [3.05, 3.63) is 0 Å². The van der Waals surface area contributed by atoms with Crippen molar-refractivity contribution >= 4 is 11.9 Å². The molecule has 2 atom stereocenters. The highest BCUT2D eigenvalue weighted by Crippen LogP contribution is 2.15. The van der Waals surface area contributed by atoms with Crippen molar-refractivity contribution in [2.24, 2.45) is 11.7 Å². The highest BCUT2D eigenvalue weighted by molar-refractivity contribution is 5.82. The van der Waals surface area contributed by atoms with Crippen molar-refractivity contribution in [1.29, 1.82) is 0 Å². The number of carbonyl (C=O) groups is 2. The van der Waals surface area contributed by atoms with Crippen LogP contribution in [-0.4, -0.2) is 31.6 Å². The van der Waals surface area contributed by atoms with Crippen molar-refractivity contribution in [2.45, 2.75) is 18.9 Å². The second-order valence-electron chi connectivity index (χ2n) is 3.14. The summed E-state index contributed by atoms with van der Waals surface area (Å²) in [4.78, 5) is 22.0. The van der Waals surface area contributed by atoms with E-state index in [0.717, 1.165) is 6.42 Å². The van der Waals surface area contributed by atoms with Gasteiger partial charge in [-0.25, -0.2) is 0 Å². The lowest BCUT2D eigenvalue weighted by atomic mass is 9.99. The molecule has 74 valence electrons. The van der Waals surface area contributed by atoms with Gasteiger partial charge in [-0.1, -0.05) is 0 Å². The van der Waals surface area contributed by atoms with Crippen LogP contribution in [0, 0.1) is 5.92 Å². The molecule has 0 aliphatic carbocycles. The van der Waals surface area contributed by atoms with E-state index in [1.165, 1.54) is 7.11 Å². The second kappa shape index (κ2) is 4.23. The van der Waals surface area contributed by atoms with Crippen molar-refractivity contribution in [3.8, 4) is 0 Å². The van der Waals surface area contributed by atoms with Gasteiger partial charge in [-0.05, 0) is 12.8 Å². The molecule has 0 unspecified atom stereocenters. The van der Waals surface area contributed by atoms with Crippen LogP contribution in [0.3, 0.4) is 0 Å². The molecule has 1 fully saturated rings. The Morgan fingerprint density at radius 3 is 3.00 bits per heavy atom. The highest BCUT2D eigenvalue weighted by Gasteiger charge is 2.28. The minimum Gasteiger partial charge on any atom is -0.468 e. The van der Waals surface area contributed by atoms with Gasteiger partial charge in [0.25, 0.3) is 0 Å². The zero-order valence-corrected chi connectivity index (χ0v) is 7.58. The van der Waals surface area contributed by atoms with E-state index in [-0.39, 0.29) is 11.8 Å². The van der Waals surface area contributed by atoms with Crippen molar-refractivity contribution < 1.29 is 14.3 Å². The van der Waals surface area contributed by atoms with Crippen LogP contribution in [-0.2, 0) is 14.3 Å². The molecule has 13 heavy (non-hydrogen) atoms. The van der Waals surface area contributed by atoms with Gasteiger partial charge in [0.05, 0.1) is 7.11 Å². The summed E-state index contributed by atoms with van der Waals surface area (Å²) >= 11 is 0. The fraction of sp³-hybridized carbons (Fsp3) is 0.750. The molecule has 0 saturated carbocycles. The van der Waals surface area contributed by atoms with Gasteiger partial charge in [-0.3, -0.25) is 9.59 Å². The lowest BCUT2D eigenvalue weighted by Crippen LogP contribution is -2.35. The summed E-state index contributed by atoms with van der Waals surface area (Å²) in [5.41, 5.74) is 5.52. The average Bonchev–Trinajstić information content (AvgIpc) is 2.50. The Hall–Kier alpha value is -1.10. The monoisotopic (exact) mass is 186 g/mol. The molecule has 3 N–H and O–H groups in total. The smallest absolute Gasteiger partial charge is 0.322 e. The first-order chi connectivity index (χ1) is 6.15. The molecule has 0 aromatic rings. The van der Waals surface area contributed by atoms with Crippen molar-refractivity contribution in [3.63, 3.8) is 0 Å². The Morgan fingerprint density at radius 2 is 2.54 bits per heavy atom. The zero-order chi connectivity index (χ0) is 9.84. The van der Waals surface area contributed by atoms with Gasteiger partial charge >= 0.3 is 5.97 Å². The molecule has 1 rings (SSSR count). The van der Waals surface area contributed by atoms with Crippen LogP contribution in [0.5, 0.6) is 0 Å². The molecular weight excluding hydrogens is 172 g/mol. The van der Waals surface area contributed by atoms with Gasteiger partial charge in [0, 0.05) is 12.5 Å². The van der Waals surface area contributed by atoms with Crippen LogP contribution in [0.25, 0.3) is 0 Å². The summed E-state index contributed by atoms with van der Waals surface area (Å²) in [5, 5.41) is 2.69. The molecule has 1 aliphatic heterocycles. The summed E-state index contributed by atoms with van der Waals surface area (Å²) in [6.45, 7) is 0.678. The van der Waals surface area contributed by atoms with Gasteiger partial charge in [0.15, 0.2) is 0 Å². The maximum atomic E-state index is 11.1. The van der Waals surface area contributed by atoms with E-state index in [2.05, 4.69) is 10.1 Å². The number of ether oxygens (including phenoxy) is 1. The van der Waals surface area contributed by atoms with Gasteiger partial charge in [0.1, 0.15) is 6.04 Å². The number of methoxy groups -OCH3 is 1. The number of hydrogen-bond donors (Lipinski definition) is 2. The number of rotatable bonds is 3. The molecule has 0 aromatic heterocycles. The number of amides is 1. The first-order valence-electron chi connectivity index (χ1n) is 4.26. The lowest BCUT2D eigenvalue weighted by molar-refractivity contribution is -0.142. The Morgan fingerprint density at radius 1 is 1.85 bits per heavy atom. The van der Waals surface area contributed by atoms with Gasteiger partial charge in [-0.2, -0.15) is 0 Å². The van der Waals surface area contributed by atoms with Crippen LogP contribution >= 0.6 is 0 Å². The fourth-order valence-corrected chi connectivity index (χ4v) is 1.42. The van der Waals surface area contributed by atoms with E-state index in [1.807, 2.05) is 0 Å². The van der Waals surface area contributed by atoms with E-state index >= 15 is 0 Å². The van der Waals surface area contributed by atoms with Crippen LogP contribution in [0.15, 0.2) is 0 Å². The molecule has 1 aliphatic rings. The van der Waals surface area contributed by atoms with Crippen molar-refractivity contribution in [2.75, 3.05) is 13.7 Å². The first kappa shape index (κ1) is 9.98. The van der Waals surface area contributed by atoms with E-state index in [4.69, 9.17) is 5.73 Å². The Balaban J connectivity index is 2.39. The fourth-order valence-electron chi connectivity index (χ4n) is 1.42. The minimum absolute atomic E-state index is 0.0145. The number of esters is 1. The molecular formula is C8H14N2O3. The highest BCUT2D eigenvalue weighted by atomic mass is 16.5. The predicted octanol–water partition coefficient (Wildman–Crippen LogP) is -0.987. The topological polar surface area (TPSA) is 81.4 Å². The van der Waals surface area contributed by atoms with Crippen LogP contribution < -0.4 is 11.1 Å². The molecule has 0 aromatic carbocycles. The number of carbonyl (C=O) groups excluding carboxylic acids is 2. The summed E-state index contributed by atoms with van der Waals surface area (Å²) in [6, 6.07) is -0.682. The number of nitrogens with two attached hydrogens (primary N) is 1. The second-order valence-corrected chi connectivity index (χ2v) is 3.14. The third kappa shape index (κ3) is 2.42. The van der Waals surface area contributed by atoms with E-state index in [1.54, 1.807) is 0 Å². The predicted molar refractivity (Wildman–Crippen MR) is 45.7 cm³/mol. The normalized spacial score (nSPS) is 23.8. The molecule has 0 radical (unpaired) electrons. The molecule has 1 heterocycles. The number of nitrogens with one attached hydrogen (secondary N) is 1. The summed E-state index contributed by atoms with van der Waals surface area (Å²) in [7, 11) is 1.29. The first-order valence-corrected chi connectivity index (χ1v) is 4.26. The van der Waals surface area contributed by atoms with Gasteiger partial charge in [-0.15, -0.1) is 0 Å². The lowest BCUT2D eigenvalue weighted by Gasteiger charge is -2.11. The average molecular weight is 186 g/mol. The zero-order valence-electron chi connectivity index (χ0n) is 7.58. The van der Waals surface area contributed by atoms with Crippen LogP contribution in [0.2, 0.25) is 0 Å². The quantitative estimate of drug-likeness (QED) is 0.555. The molecule has 5 heteroatoms. The molecule has 1 saturated heterocycles. The standard InChI is InChI=1S/C8H14N2O3/c1-13-8(12)6(9)4-5-2-3-10-7(5)11/h5-6H,2-4,9H2,1H3,(H,10,11)/t5-,6+/m0/s1. The third-order valence-corrected chi connectivity index (χ3v) is 2.21. The van der Waals surface area contributed by atoms with E-state index < -0.39 is 12.0 Å². The van der Waals surface area contributed by atoms with Crippen molar-refractivity contribution in [1.82, 2.24) is 5.32 Å². The molecule has 0 bridgehead atoms. The summed E-state index contributed by atoms with van der Waals surface area (Å²) in [5.74, 6) is -0.604. The summed E-state index contributed by atoms with van der Waals surface area (Å²) in [6.07, 6.45) is 1.13. The third-order valence-electron chi connectivity index (χ3n) is 2.21. The maximum Gasteiger partial charge on any atom is 0.322 e. The van der Waals surface area contributed by atoms with Crippen LogP contribution in [0.4, 0.5) is 0 Å². The Kier molecular flexibility index (Phi) is 3.25. The maximum absolute atomic E-state index is 11.1. The van der Waals surface area contributed by atoms with E-state index in [0.29, 0.717) is 13.0 Å². The molecule has 0 spiro atoms. The largest absolute Gasteiger partial charge is 0.468 e. The van der Waals surface area contributed by atoms with Gasteiger partial charge < -0.3 is 15.8 Å².